The quantitative estimate of drug-likeness (QED) is 0.502. The smallest absolute Gasteiger partial charge is 0.291 e. The van der Waals surface area contributed by atoms with E-state index in [4.69, 9.17) is 4.42 Å². The van der Waals surface area contributed by atoms with Gasteiger partial charge in [0.1, 0.15) is 5.58 Å². The van der Waals surface area contributed by atoms with Crippen molar-refractivity contribution >= 4 is 49.3 Å². The molecule has 23 heavy (non-hydrogen) atoms. The van der Waals surface area contributed by atoms with Gasteiger partial charge in [-0.25, -0.2) is 0 Å². The molecule has 1 N–H and O–H groups in total. The molecule has 1 heterocycles. The van der Waals surface area contributed by atoms with Crippen molar-refractivity contribution in [3.8, 4) is 0 Å². The summed E-state index contributed by atoms with van der Waals surface area (Å²) in [4.78, 5) is 12.4. The van der Waals surface area contributed by atoms with Crippen LogP contribution in [0.2, 0.25) is 0 Å². The van der Waals surface area contributed by atoms with E-state index in [0.717, 1.165) is 26.3 Å². The third-order valence-electron chi connectivity index (χ3n) is 3.71. The lowest BCUT2D eigenvalue weighted by atomic mass is 10.1. The van der Waals surface area contributed by atoms with E-state index in [1.54, 1.807) is 6.07 Å². The number of furan rings is 1. The van der Waals surface area contributed by atoms with Crippen LogP contribution in [0.3, 0.4) is 0 Å². The zero-order chi connectivity index (χ0) is 15.8. The molecule has 0 fully saturated rings. The second-order valence-corrected chi connectivity index (χ2v) is 6.22. The van der Waals surface area contributed by atoms with Crippen molar-refractivity contribution in [2.75, 3.05) is 5.32 Å². The lowest BCUT2D eigenvalue weighted by Crippen LogP contribution is -2.10. The number of halogens is 1. The number of hydrogen-bond acceptors (Lipinski definition) is 2. The summed E-state index contributed by atoms with van der Waals surface area (Å²) in [6, 6.07) is 21.3. The molecule has 0 radical (unpaired) electrons. The first-order chi connectivity index (χ1) is 11.2. The second kappa shape index (κ2) is 5.56. The Morgan fingerprint density at radius 2 is 1.65 bits per heavy atom. The highest BCUT2D eigenvalue weighted by Gasteiger charge is 2.13. The highest BCUT2D eigenvalue weighted by molar-refractivity contribution is 9.10. The first kappa shape index (κ1) is 14.0. The van der Waals surface area contributed by atoms with Crippen LogP contribution in [0.5, 0.6) is 0 Å². The fourth-order valence-corrected chi connectivity index (χ4v) is 2.92. The van der Waals surface area contributed by atoms with Crippen molar-refractivity contribution in [3.05, 3.63) is 77.0 Å². The van der Waals surface area contributed by atoms with Crippen LogP contribution in [-0.2, 0) is 0 Å². The predicted molar refractivity (Wildman–Crippen MR) is 95.8 cm³/mol. The molecule has 1 aromatic heterocycles. The first-order valence-electron chi connectivity index (χ1n) is 7.18. The topological polar surface area (TPSA) is 42.2 Å². The molecule has 0 bridgehead atoms. The molecule has 0 aliphatic carbocycles. The van der Waals surface area contributed by atoms with Crippen molar-refractivity contribution in [3.63, 3.8) is 0 Å². The Hall–Kier alpha value is -2.59. The predicted octanol–water partition coefficient (Wildman–Crippen LogP) is 5.60. The SMILES string of the molecule is O=C(Nc1ccc2ccccc2c1)c1cc2ccc(Br)cc2o1. The van der Waals surface area contributed by atoms with Crippen LogP contribution in [0, 0.1) is 0 Å². The van der Waals surface area contributed by atoms with Crippen LogP contribution in [-0.4, -0.2) is 5.91 Å². The van der Waals surface area contributed by atoms with Gasteiger partial charge < -0.3 is 9.73 Å². The van der Waals surface area contributed by atoms with Crippen LogP contribution in [0.15, 0.2) is 75.6 Å². The maximum atomic E-state index is 12.4. The summed E-state index contributed by atoms with van der Waals surface area (Å²) in [5.74, 6) is 0.0406. The first-order valence-corrected chi connectivity index (χ1v) is 7.98. The Morgan fingerprint density at radius 1 is 0.870 bits per heavy atom. The molecule has 4 rings (SSSR count). The Morgan fingerprint density at radius 3 is 2.52 bits per heavy atom. The number of nitrogens with one attached hydrogen (secondary N) is 1. The molecular formula is C19H12BrNO2. The molecule has 4 heteroatoms. The number of hydrogen-bond donors (Lipinski definition) is 1. The molecule has 3 aromatic carbocycles. The zero-order valence-corrected chi connectivity index (χ0v) is 13.6. The molecular weight excluding hydrogens is 354 g/mol. The molecule has 0 spiro atoms. The summed E-state index contributed by atoms with van der Waals surface area (Å²) >= 11 is 3.39. The van der Waals surface area contributed by atoms with E-state index in [0.29, 0.717) is 11.3 Å². The fourth-order valence-electron chi connectivity index (χ4n) is 2.58. The average molecular weight is 366 g/mol. The van der Waals surface area contributed by atoms with Crippen LogP contribution in [0.25, 0.3) is 21.7 Å². The van der Waals surface area contributed by atoms with Crippen LogP contribution >= 0.6 is 15.9 Å². The van der Waals surface area contributed by atoms with Gasteiger partial charge >= 0.3 is 0 Å². The molecule has 4 aromatic rings. The Kier molecular flexibility index (Phi) is 3.39. The second-order valence-electron chi connectivity index (χ2n) is 5.31. The molecule has 112 valence electrons. The largest absolute Gasteiger partial charge is 0.451 e. The van der Waals surface area contributed by atoms with E-state index in [-0.39, 0.29) is 5.91 Å². The maximum Gasteiger partial charge on any atom is 0.291 e. The van der Waals surface area contributed by atoms with Crippen molar-refractivity contribution in [2.45, 2.75) is 0 Å². The van der Waals surface area contributed by atoms with E-state index in [1.165, 1.54) is 0 Å². The van der Waals surface area contributed by atoms with E-state index in [9.17, 15) is 4.79 Å². The van der Waals surface area contributed by atoms with Crippen LogP contribution in [0.4, 0.5) is 5.69 Å². The highest BCUT2D eigenvalue weighted by atomic mass is 79.9. The third-order valence-corrected chi connectivity index (χ3v) is 4.21. The molecule has 0 aliphatic heterocycles. The standard InChI is InChI=1S/C19H12BrNO2/c20-15-7-5-14-10-18(23-17(14)11-15)19(22)21-16-8-6-12-3-1-2-4-13(12)9-16/h1-11H,(H,21,22). The van der Waals surface area contributed by atoms with Gasteiger partial charge in [-0.2, -0.15) is 0 Å². The Bertz CT molecular complexity index is 1040. The molecule has 0 saturated heterocycles. The molecule has 0 atom stereocenters. The zero-order valence-electron chi connectivity index (χ0n) is 12.0. The molecule has 0 unspecified atom stereocenters. The third kappa shape index (κ3) is 2.73. The van der Waals surface area contributed by atoms with Gasteiger partial charge in [0.15, 0.2) is 5.76 Å². The van der Waals surface area contributed by atoms with Crippen molar-refractivity contribution in [1.29, 1.82) is 0 Å². The van der Waals surface area contributed by atoms with Crippen molar-refractivity contribution in [2.24, 2.45) is 0 Å². The van der Waals surface area contributed by atoms with Crippen LogP contribution < -0.4 is 5.32 Å². The Labute approximate surface area is 141 Å². The minimum Gasteiger partial charge on any atom is -0.451 e. The van der Waals surface area contributed by atoms with Gasteiger partial charge in [-0.3, -0.25) is 4.79 Å². The van der Waals surface area contributed by atoms with Crippen molar-refractivity contribution in [1.82, 2.24) is 0 Å². The Balaban J connectivity index is 1.64. The number of carbonyl (C=O) groups excluding carboxylic acids is 1. The summed E-state index contributed by atoms with van der Waals surface area (Å²) in [5.41, 5.74) is 1.43. The van der Waals surface area contributed by atoms with Gasteiger partial charge in [0.2, 0.25) is 0 Å². The van der Waals surface area contributed by atoms with E-state index in [2.05, 4.69) is 21.2 Å². The lowest BCUT2D eigenvalue weighted by Gasteiger charge is -2.04. The van der Waals surface area contributed by atoms with Crippen molar-refractivity contribution < 1.29 is 9.21 Å². The van der Waals surface area contributed by atoms with Gasteiger partial charge in [0.25, 0.3) is 5.91 Å². The number of benzene rings is 3. The molecule has 1 amide bonds. The van der Waals surface area contributed by atoms with E-state index >= 15 is 0 Å². The number of amides is 1. The molecule has 0 saturated carbocycles. The highest BCUT2D eigenvalue weighted by Crippen LogP contribution is 2.24. The number of rotatable bonds is 2. The lowest BCUT2D eigenvalue weighted by molar-refractivity contribution is 0.0998. The summed E-state index contributed by atoms with van der Waals surface area (Å²) < 4.78 is 6.55. The molecule has 0 aliphatic rings. The average Bonchev–Trinajstić information content (AvgIpc) is 2.98. The monoisotopic (exact) mass is 365 g/mol. The number of fused-ring (bicyclic) bond motifs is 2. The molecule has 3 nitrogen and oxygen atoms in total. The fraction of sp³-hybridized carbons (Fsp3) is 0. The summed E-state index contributed by atoms with van der Waals surface area (Å²) in [5, 5.41) is 6.00. The summed E-state index contributed by atoms with van der Waals surface area (Å²) in [6.45, 7) is 0. The summed E-state index contributed by atoms with van der Waals surface area (Å²) in [7, 11) is 0. The van der Waals surface area contributed by atoms with E-state index < -0.39 is 0 Å². The van der Waals surface area contributed by atoms with Gasteiger partial charge in [-0.1, -0.05) is 46.3 Å². The van der Waals surface area contributed by atoms with Gasteiger partial charge in [0, 0.05) is 15.5 Å². The van der Waals surface area contributed by atoms with Crippen LogP contribution in [0.1, 0.15) is 10.6 Å². The maximum absolute atomic E-state index is 12.4. The van der Waals surface area contributed by atoms with E-state index in [1.807, 2.05) is 60.7 Å². The van der Waals surface area contributed by atoms with Gasteiger partial charge in [-0.05, 0) is 47.2 Å². The number of carbonyl (C=O) groups is 1. The minimum absolute atomic E-state index is 0.257. The normalized spacial score (nSPS) is 11.0. The number of anilines is 1. The summed E-state index contributed by atoms with van der Waals surface area (Å²) in [6.07, 6.45) is 0. The minimum atomic E-state index is -0.257. The van der Waals surface area contributed by atoms with Gasteiger partial charge in [-0.15, -0.1) is 0 Å². The van der Waals surface area contributed by atoms with Gasteiger partial charge in [0.05, 0.1) is 0 Å².